The van der Waals surface area contributed by atoms with Gasteiger partial charge < -0.3 is 9.84 Å². The minimum atomic E-state index is -0.319. The number of benzene rings is 1. The van der Waals surface area contributed by atoms with E-state index in [-0.39, 0.29) is 6.10 Å². The Morgan fingerprint density at radius 2 is 2.00 bits per heavy atom. The minimum Gasteiger partial charge on any atom is -0.388 e. The molecule has 2 heteroatoms. The summed E-state index contributed by atoms with van der Waals surface area (Å²) in [6.07, 6.45) is 2.61. The van der Waals surface area contributed by atoms with Gasteiger partial charge in [-0.15, -0.1) is 0 Å². The Bertz CT molecular complexity index is 329. The van der Waals surface area contributed by atoms with E-state index in [2.05, 4.69) is 19.1 Å². The van der Waals surface area contributed by atoms with E-state index in [0.29, 0.717) is 5.92 Å². The average molecular weight is 220 g/mol. The van der Waals surface area contributed by atoms with Gasteiger partial charge in [0.05, 0.1) is 6.10 Å². The zero-order valence-electron chi connectivity index (χ0n) is 9.86. The van der Waals surface area contributed by atoms with Crippen LogP contribution in [0.25, 0.3) is 0 Å². The Morgan fingerprint density at radius 3 is 2.69 bits per heavy atom. The van der Waals surface area contributed by atoms with E-state index < -0.39 is 0 Å². The number of aliphatic hydroxyl groups is 1. The van der Waals surface area contributed by atoms with E-state index in [9.17, 15) is 5.11 Å². The van der Waals surface area contributed by atoms with Crippen LogP contribution in [0.2, 0.25) is 0 Å². The summed E-state index contributed by atoms with van der Waals surface area (Å²) in [7, 11) is 0. The highest BCUT2D eigenvalue weighted by molar-refractivity contribution is 5.29. The van der Waals surface area contributed by atoms with Crippen molar-refractivity contribution in [3.63, 3.8) is 0 Å². The highest BCUT2D eigenvalue weighted by Gasteiger charge is 2.24. The molecule has 2 nitrogen and oxygen atoms in total. The van der Waals surface area contributed by atoms with Crippen LogP contribution in [-0.2, 0) is 11.2 Å². The maximum atomic E-state index is 10.4. The summed E-state index contributed by atoms with van der Waals surface area (Å²) in [5.74, 6) is 0.362. The van der Waals surface area contributed by atoms with Crippen LogP contribution in [0.5, 0.6) is 0 Å². The van der Waals surface area contributed by atoms with Crippen molar-refractivity contribution in [3.05, 3.63) is 35.4 Å². The van der Waals surface area contributed by atoms with Crippen LogP contribution in [0.1, 0.15) is 37.0 Å². The molecule has 0 bridgehead atoms. The first kappa shape index (κ1) is 11.6. The molecule has 0 aliphatic carbocycles. The van der Waals surface area contributed by atoms with Crippen LogP contribution >= 0.6 is 0 Å². The maximum absolute atomic E-state index is 10.4. The Balaban J connectivity index is 2.15. The monoisotopic (exact) mass is 220 g/mol. The van der Waals surface area contributed by atoms with Crippen LogP contribution in [0.3, 0.4) is 0 Å². The molecular weight excluding hydrogens is 200 g/mol. The van der Waals surface area contributed by atoms with Gasteiger partial charge in [0, 0.05) is 13.2 Å². The van der Waals surface area contributed by atoms with Crippen molar-refractivity contribution in [2.75, 3.05) is 13.2 Å². The lowest BCUT2D eigenvalue weighted by Crippen LogP contribution is -2.22. The highest BCUT2D eigenvalue weighted by atomic mass is 16.5. The van der Waals surface area contributed by atoms with Crippen molar-refractivity contribution < 1.29 is 9.84 Å². The molecule has 0 amide bonds. The van der Waals surface area contributed by atoms with Gasteiger partial charge in [0.2, 0.25) is 0 Å². The van der Waals surface area contributed by atoms with Crippen LogP contribution in [0.15, 0.2) is 24.3 Å². The second kappa shape index (κ2) is 5.46. The summed E-state index contributed by atoms with van der Waals surface area (Å²) in [5, 5.41) is 10.4. The van der Waals surface area contributed by atoms with Gasteiger partial charge in [-0.2, -0.15) is 0 Å². The minimum absolute atomic E-state index is 0.319. The molecule has 0 spiro atoms. The smallest absolute Gasteiger partial charge is 0.0822 e. The molecule has 1 atom stereocenters. The molecule has 0 saturated carbocycles. The summed E-state index contributed by atoms with van der Waals surface area (Å²) in [6.45, 7) is 3.71. The van der Waals surface area contributed by atoms with Gasteiger partial charge in [-0.1, -0.05) is 31.2 Å². The van der Waals surface area contributed by atoms with Gasteiger partial charge in [0.15, 0.2) is 0 Å². The molecule has 0 radical (unpaired) electrons. The molecule has 1 fully saturated rings. The van der Waals surface area contributed by atoms with Gasteiger partial charge in [0.25, 0.3) is 0 Å². The van der Waals surface area contributed by atoms with E-state index in [4.69, 9.17) is 4.74 Å². The summed E-state index contributed by atoms with van der Waals surface area (Å²) in [5.41, 5.74) is 2.37. The Morgan fingerprint density at radius 1 is 1.31 bits per heavy atom. The molecule has 0 aromatic heterocycles. The van der Waals surface area contributed by atoms with E-state index in [1.165, 1.54) is 5.56 Å². The molecular formula is C14H20O2. The molecule has 1 aliphatic rings. The van der Waals surface area contributed by atoms with Gasteiger partial charge in [-0.3, -0.25) is 0 Å². The second-order valence-corrected chi connectivity index (χ2v) is 4.45. The standard InChI is InChI=1S/C14H20O2/c1-2-11-5-3-4-6-13(11)14(15)12-7-9-16-10-8-12/h3-6,12,14-15H,2,7-10H2,1H3. The van der Waals surface area contributed by atoms with Crippen molar-refractivity contribution in [3.8, 4) is 0 Å². The normalized spacial score (nSPS) is 19.6. The highest BCUT2D eigenvalue weighted by Crippen LogP contribution is 2.31. The lowest BCUT2D eigenvalue weighted by Gasteiger charge is -2.28. The van der Waals surface area contributed by atoms with Crippen LogP contribution in [-0.4, -0.2) is 18.3 Å². The van der Waals surface area contributed by atoms with Crippen molar-refractivity contribution in [1.29, 1.82) is 0 Å². The van der Waals surface area contributed by atoms with E-state index in [1.807, 2.05) is 12.1 Å². The van der Waals surface area contributed by atoms with Crippen LogP contribution in [0, 0.1) is 5.92 Å². The van der Waals surface area contributed by atoms with Crippen molar-refractivity contribution in [2.45, 2.75) is 32.3 Å². The zero-order chi connectivity index (χ0) is 11.4. The Labute approximate surface area is 97.3 Å². The largest absolute Gasteiger partial charge is 0.388 e. The fourth-order valence-electron chi connectivity index (χ4n) is 2.43. The molecule has 1 aromatic carbocycles. The van der Waals surface area contributed by atoms with Gasteiger partial charge in [-0.25, -0.2) is 0 Å². The first-order valence-electron chi connectivity index (χ1n) is 6.16. The molecule has 1 aromatic rings. The van der Waals surface area contributed by atoms with Crippen molar-refractivity contribution >= 4 is 0 Å². The SMILES string of the molecule is CCc1ccccc1C(O)C1CCOCC1. The predicted molar refractivity (Wildman–Crippen MR) is 64.3 cm³/mol. The zero-order valence-corrected chi connectivity index (χ0v) is 9.86. The van der Waals surface area contributed by atoms with Crippen molar-refractivity contribution in [2.24, 2.45) is 5.92 Å². The molecule has 2 rings (SSSR count). The van der Waals surface area contributed by atoms with Crippen LogP contribution < -0.4 is 0 Å². The molecule has 88 valence electrons. The second-order valence-electron chi connectivity index (χ2n) is 4.45. The van der Waals surface area contributed by atoms with E-state index >= 15 is 0 Å². The summed E-state index contributed by atoms with van der Waals surface area (Å²) in [4.78, 5) is 0. The maximum Gasteiger partial charge on any atom is 0.0822 e. The molecule has 1 aliphatic heterocycles. The van der Waals surface area contributed by atoms with E-state index in [0.717, 1.165) is 38.0 Å². The third-order valence-electron chi connectivity index (χ3n) is 3.47. The van der Waals surface area contributed by atoms with Crippen LogP contribution in [0.4, 0.5) is 0 Å². The lowest BCUT2D eigenvalue weighted by atomic mass is 9.87. The summed E-state index contributed by atoms with van der Waals surface area (Å²) in [6, 6.07) is 8.22. The lowest BCUT2D eigenvalue weighted by molar-refractivity contribution is 0.00688. The van der Waals surface area contributed by atoms with E-state index in [1.54, 1.807) is 0 Å². The summed E-state index contributed by atoms with van der Waals surface area (Å²) >= 11 is 0. The summed E-state index contributed by atoms with van der Waals surface area (Å²) < 4.78 is 5.33. The first-order chi connectivity index (χ1) is 7.83. The van der Waals surface area contributed by atoms with Gasteiger partial charge in [0.1, 0.15) is 0 Å². The average Bonchev–Trinajstić information content (AvgIpc) is 2.39. The number of rotatable bonds is 3. The number of aryl methyl sites for hydroxylation is 1. The molecule has 1 heterocycles. The number of aliphatic hydroxyl groups excluding tert-OH is 1. The number of hydrogen-bond donors (Lipinski definition) is 1. The third-order valence-corrected chi connectivity index (χ3v) is 3.47. The quantitative estimate of drug-likeness (QED) is 0.848. The Kier molecular flexibility index (Phi) is 3.97. The van der Waals surface area contributed by atoms with Crippen molar-refractivity contribution in [1.82, 2.24) is 0 Å². The Hall–Kier alpha value is -0.860. The fraction of sp³-hybridized carbons (Fsp3) is 0.571. The van der Waals surface area contributed by atoms with Gasteiger partial charge >= 0.3 is 0 Å². The predicted octanol–water partition coefficient (Wildman–Crippen LogP) is 2.71. The topological polar surface area (TPSA) is 29.5 Å². The number of ether oxygens (including phenoxy) is 1. The first-order valence-corrected chi connectivity index (χ1v) is 6.16. The fourth-order valence-corrected chi connectivity index (χ4v) is 2.43. The molecule has 1 saturated heterocycles. The third kappa shape index (κ3) is 2.45. The molecule has 1 N–H and O–H groups in total. The number of hydrogen-bond acceptors (Lipinski definition) is 2. The molecule has 1 unspecified atom stereocenters. The van der Waals surface area contributed by atoms with Gasteiger partial charge in [-0.05, 0) is 36.3 Å². The molecule has 16 heavy (non-hydrogen) atoms.